The van der Waals surface area contributed by atoms with E-state index in [2.05, 4.69) is 41.8 Å². The summed E-state index contributed by atoms with van der Waals surface area (Å²) < 4.78 is 2.29. The molecule has 0 aliphatic heterocycles. The number of hydrogen-bond donors (Lipinski definition) is 1. The third-order valence-corrected chi connectivity index (χ3v) is 5.17. The summed E-state index contributed by atoms with van der Waals surface area (Å²) >= 11 is 0. The van der Waals surface area contributed by atoms with Crippen LogP contribution in [0.5, 0.6) is 0 Å². The maximum atomic E-state index is 4.59. The van der Waals surface area contributed by atoms with E-state index in [0.29, 0.717) is 6.04 Å². The first kappa shape index (κ1) is 16.5. The first-order valence-electron chi connectivity index (χ1n) is 9.01. The monoisotopic (exact) mass is 291 g/mol. The molecular weight excluding hydrogens is 258 g/mol. The van der Waals surface area contributed by atoms with Crippen LogP contribution in [0.2, 0.25) is 0 Å². The van der Waals surface area contributed by atoms with Crippen LogP contribution in [0.4, 0.5) is 0 Å². The molecule has 1 aromatic heterocycles. The highest BCUT2D eigenvalue weighted by atomic mass is 15.1. The Morgan fingerprint density at radius 2 is 2.19 bits per heavy atom. The first-order chi connectivity index (χ1) is 10.3. The van der Waals surface area contributed by atoms with Gasteiger partial charge >= 0.3 is 0 Å². The number of aryl methyl sites for hydroxylation is 1. The predicted molar refractivity (Wildman–Crippen MR) is 89.4 cm³/mol. The maximum absolute atomic E-state index is 4.59. The van der Waals surface area contributed by atoms with E-state index in [4.69, 9.17) is 0 Å². The van der Waals surface area contributed by atoms with Gasteiger partial charge in [0.15, 0.2) is 0 Å². The molecule has 1 aromatic rings. The predicted octanol–water partition coefficient (Wildman–Crippen LogP) is 4.03. The molecule has 1 fully saturated rings. The zero-order chi connectivity index (χ0) is 15.1. The van der Waals surface area contributed by atoms with Crippen molar-refractivity contribution in [3.63, 3.8) is 0 Å². The van der Waals surface area contributed by atoms with Crippen LogP contribution in [0.1, 0.15) is 65.1 Å². The second-order valence-corrected chi connectivity index (χ2v) is 6.60. The van der Waals surface area contributed by atoms with Crippen molar-refractivity contribution in [3.8, 4) is 0 Å². The molecule has 0 saturated heterocycles. The van der Waals surface area contributed by atoms with Gasteiger partial charge in [0.25, 0.3) is 0 Å². The molecule has 0 bridgehead atoms. The number of hydrogen-bond acceptors (Lipinski definition) is 2. The van der Waals surface area contributed by atoms with Gasteiger partial charge in [0.05, 0.1) is 0 Å². The van der Waals surface area contributed by atoms with Crippen LogP contribution in [0.15, 0.2) is 12.4 Å². The van der Waals surface area contributed by atoms with Crippen molar-refractivity contribution in [2.24, 2.45) is 11.8 Å². The fraction of sp³-hybridized carbons (Fsp3) is 0.833. The number of nitrogens with zero attached hydrogens (tertiary/aromatic N) is 2. The van der Waals surface area contributed by atoms with E-state index in [-0.39, 0.29) is 0 Å². The molecule has 120 valence electrons. The molecule has 3 unspecified atom stereocenters. The summed E-state index contributed by atoms with van der Waals surface area (Å²) in [6.45, 7) is 8.97. The molecule has 1 aliphatic carbocycles. The highest BCUT2D eigenvalue weighted by Gasteiger charge is 2.28. The van der Waals surface area contributed by atoms with Crippen molar-refractivity contribution in [2.45, 2.75) is 78.3 Å². The minimum Gasteiger partial charge on any atom is -0.335 e. The fourth-order valence-corrected chi connectivity index (χ4v) is 3.82. The van der Waals surface area contributed by atoms with Crippen molar-refractivity contribution in [1.29, 1.82) is 0 Å². The largest absolute Gasteiger partial charge is 0.335 e. The molecule has 3 heteroatoms. The molecule has 1 saturated carbocycles. The van der Waals surface area contributed by atoms with Gasteiger partial charge in [-0.3, -0.25) is 0 Å². The molecule has 0 amide bonds. The Labute approximate surface area is 130 Å². The summed E-state index contributed by atoms with van der Waals surface area (Å²) in [4.78, 5) is 4.59. The molecule has 3 nitrogen and oxygen atoms in total. The molecule has 0 spiro atoms. The van der Waals surface area contributed by atoms with Crippen LogP contribution in [0.25, 0.3) is 0 Å². The highest BCUT2D eigenvalue weighted by molar-refractivity contribution is 4.97. The zero-order valence-electron chi connectivity index (χ0n) is 14.1. The van der Waals surface area contributed by atoms with Gasteiger partial charge in [0, 0.05) is 31.4 Å². The Morgan fingerprint density at radius 1 is 1.33 bits per heavy atom. The van der Waals surface area contributed by atoms with Crippen molar-refractivity contribution in [1.82, 2.24) is 14.9 Å². The molecule has 1 heterocycles. The summed E-state index contributed by atoms with van der Waals surface area (Å²) in [6, 6.07) is 0.604. The zero-order valence-corrected chi connectivity index (χ0v) is 14.1. The Bertz CT molecular complexity index is 399. The third kappa shape index (κ3) is 4.57. The van der Waals surface area contributed by atoms with Gasteiger partial charge in [-0.1, -0.05) is 33.1 Å². The SMILES string of the molecule is CCCNC(Cc1nccn1CC)C1CCCC(CC)C1. The van der Waals surface area contributed by atoms with Crippen LogP contribution in [-0.2, 0) is 13.0 Å². The normalized spacial score (nSPS) is 24.1. The van der Waals surface area contributed by atoms with E-state index in [0.717, 1.165) is 31.3 Å². The average molecular weight is 291 g/mol. The van der Waals surface area contributed by atoms with Crippen molar-refractivity contribution in [3.05, 3.63) is 18.2 Å². The van der Waals surface area contributed by atoms with Crippen LogP contribution in [0, 0.1) is 11.8 Å². The van der Waals surface area contributed by atoms with Gasteiger partial charge < -0.3 is 9.88 Å². The third-order valence-electron chi connectivity index (χ3n) is 5.17. The first-order valence-corrected chi connectivity index (χ1v) is 9.01. The van der Waals surface area contributed by atoms with Gasteiger partial charge in [-0.25, -0.2) is 4.98 Å². The lowest BCUT2D eigenvalue weighted by molar-refractivity contribution is 0.205. The number of imidazole rings is 1. The van der Waals surface area contributed by atoms with E-state index in [1.165, 1.54) is 44.3 Å². The van der Waals surface area contributed by atoms with Gasteiger partial charge in [-0.2, -0.15) is 0 Å². The smallest absolute Gasteiger partial charge is 0.110 e. The van der Waals surface area contributed by atoms with Crippen LogP contribution >= 0.6 is 0 Å². The molecular formula is C18H33N3. The van der Waals surface area contributed by atoms with Crippen molar-refractivity contribution in [2.75, 3.05) is 6.54 Å². The summed E-state index contributed by atoms with van der Waals surface area (Å²) in [5.41, 5.74) is 0. The lowest BCUT2D eigenvalue weighted by Crippen LogP contribution is -2.41. The van der Waals surface area contributed by atoms with Crippen LogP contribution in [0.3, 0.4) is 0 Å². The highest BCUT2D eigenvalue weighted by Crippen LogP contribution is 2.33. The number of nitrogens with one attached hydrogen (secondary N) is 1. The van der Waals surface area contributed by atoms with E-state index in [1.807, 2.05) is 6.20 Å². The minimum absolute atomic E-state index is 0.604. The minimum atomic E-state index is 0.604. The Balaban J connectivity index is 2.03. The van der Waals surface area contributed by atoms with Crippen molar-refractivity contribution >= 4 is 0 Å². The van der Waals surface area contributed by atoms with Gasteiger partial charge in [0.2, 0.25) is 0 Å². The number of rotatable bonds is 8. The van der Waals surface area contributed by atoms with Gasteiger partial charge in [-0.15, -0.1) is 0 Å². The second-order valence-electron chi connectivity index (χ2n) is 6.60. The summed E-state index contributed by atoms with van der Waals surface area (Å²) in [5, 5.41) is 3.82. The van der Waals surface area contributed by atoms with Crippen molar-refractivity contribution < 1.29 is 0 Å². The van der Waals surface area contributed by atoms with E-state index >= 15 is 0 Å². The van der Waals surface area contributed by atoms with E-state index in [9.17, 15) is 0 Å². The molecule has 0 aromatic carbocycles. The second kappa shape index (κ2) is 8.57. The van der Waals surface area contributed by atoms with Gasteiger partial charge in [0.1, 0.15) is 5.82 Å². The quantitative estimate of drug-likeness (QED) is 0.783. The van der Waals surface area contributed by atoms with Gasteiger partial charge in [-0.05, 0) is 44.6 Å². The Morgan fingerprint density at radius 3 is 2.90 bits per heavy atom. The summed E-state index contributed by atoms with van der Waals surface area (Å²) in [5.74, 6) is 3.03. The molecule has 2 rings (SSSR count). The summed E-state index contributed by atoms with van der Waals surface area (Å²) in [6.07, 6.45) is 13.4. The Hall–Kier alpha value is -0.830. The van der Waals surface area contributed by atoms with E-state index < -0.39 is 0 Å². The van der Waals surface area contributed by atoms with Crippen LogP contribution in [-0.4, -0.2) is 22.1 Å². The standard InChI is InChI=1S/C18H33N3/c1-4-10-19-17(14-18-20-11-12-21(18)6-3)16-9-7-8-15(5-2)13-16/h11-12,15-17,19H,4-10,13-14H2,1-3H3. The average Bonchev–Trinajstić information content (AvgIpc) is 2.98. The maximum Gasteiger partial charge on any atom is 0.110 e. The molecule has 3 atom stereocenters. The topological polar surface area (TPSA) is 29.9 Å². The molecule has 1 N–H and O–H groups in total. The number of aromatic nitrogens is 2. The molecule has 21 heavy (non-hydrogen) atoms. The molecule has 0 radical (unpaired) electrons. The van der Waals surface area contributed by atoms with E-state index in [1.54, 1.807) is 0 Å². The lowest BCUT2D eigenvalue weighted by atomic mass is 9.76. The summed E-state index contributed by atoms with van der Waals surface area (Å²) in [7, 11) is 0. The Kier molecular flexibility index (Phi) is 6.75. The van der Waals surface area contributed by atoms with Crippen LogP contribution < -0.4 is 5.32 Å². The molecule has 1 aliphatic rings. The lowest BCUT2D eigenvalue weighted by Gasteiger charge is -2.35. The fourth-order valence-electron chi connectivity index (χ4n) is 3.82.